The molecule has 1 aliphatic heterocycles. The number of anilines is 1. The number of carbonyl (C=O) groups excluding carboxylic acids is 3. The summed E-state index contributed by atoms with van der Waals surface area (Å²) < 4.78 is 4.92. The normalized spacial score (nSPS) is 19.4. The third kappa shape index (κ3) is 4.56. The Morgan fingerprint density at radius 1 is 1.32 bits per heavy atom. The zero-order valence-corrected chi connectivity index (χ0v) is 16.7. The van der Waals surface area contributed by atoms with Gasteiger partial charge in [0, 0.05) is 18.8 Å². The van der Waals surface area contributed by atoms with Gasteiger partial charge in [-0.25, -0.2) is 4.98 Å². The van der Waals surface area contributed by atoms with E-state index in [1.54, 1.807) is 24.3 Å². The number of nitrogens with one attached hydrogen (secondary N) is 1. The van der Waals surface area contributed by atoms with Crippen LogP contribution < -0.4 is 5.32 Å². The van der Waals surface area contributed by atoms with Gasteiger partial charge in [0.1, 0.15) is 0 Å². The Hall–Kier alpha value is -2.74. The molecule has 0 radical (unpaired) electrons. The molecule has 2 aromatic rings. The first-order valence-electron chi connectivity index (χ1n) is 9.21. The molecule has 148 valence electrons. The van der Waals surface area contributed by atoms with Gasteiger partial charge in [0.25, 0.3) is 0 Å². The highest BCUT2D eigenvalue weighted by Gasteiger charge is 2.39. The van der Waals surface area contributed by atoms with Gasteiger partial charge in [0.15, 0.2) is 5.13 Å². The molecule has 28 heavy (non-hydrogen) atoms. The maximum atomic E-state index is 13.0. The van der Waals surface area contributed by atoms with Gasteiger partial charge in [-0.05, 0) is 18.9 Å². The van der Waals surface area contributed by atoms with Crippen LogP contribution in [0.5, 0.6) is 0 Å². The highest BCUT2D eigenvalue weighted by molar-refractivity contribution is 7.13. The first-order chi connectivity index (χ1) is 13.5. The van der Waals surface area contributed by atoms with E-state index >= 15 is 0 Å². The summed E-state index contributed by atoms with van der Waals surface area (Å²) in [4.78, 5) is 42.7. The first kappa shape index (κ1) is 20.0. The molecule has 0 spiro atoms. The molecule has 2 heterocycles. The van der Waals surface area contributed by atoms with Crippen molar-refractivity contribution in [3.05, 3.63) is 47.0 Å². The lowest BCUT2D eigenvalue weighted by molar-refractivity contribution is -0.142. The Labute approximate surface area is 167 Å². The minimum Gasteiger partial charge on any atom is -0.466 e. The van der Waals surface area contributed by atoms with Crippen LogP contribution in [0.25, 0.3) is 0 Å². The Bertz CT molecular complexity index is 852. The summed E-state index contributed by atoms with van der Waals surface area (Å²) in [5.41, 5.74) is 1.50. The minimum atomic E-state index is -0.373. The van der Waals surface area contributed by atoms with Gasteiger partial charge in [-0.2, -0.15) is 0 Å². The van der Waals surface area contributed by atoms with Gasteiger partial charge >= 0.3 is 5.97 Å². The van der Waals surface area contributed by atoms with Crippen molar-refractivity contribution in [1.82, 2.24) is 9.88 Å². The van der Waals surface area contributed by atoms with Crippen LogP contribution in [0.1, 0.15) is 37.1 Å². The largest absolute Gasteiger partial charge is 0.466 e. The maximum absolute atomic E-state index is 13.0. The molecule has 2 atom stereocenters. The molecule has 8 heteroatoms. The second kappa shape index (κ2) is 8.97. The number of amides is 2. The molecule has 1 saturated heterocycles. The molecule has 1 aromatic carbocycles. The van der Waals surface area contributed by atoms with Gasteiger partial charge in [-0.3, -0.25) is 14.4 Å². The molecule has 2 amide bonds. The van der Waals surface area contributed by atoms with Crippen molar-refractivity contribution >= 4 is 34.3 Å². The average Bonchev–Trinajstić information content (AvgIpc) is 3.11. The average molecular weight is 401 g/mol. The van der Waals surface area contributed by atoms with E-state index in [4.69, 9.17) is 4.74 Å². The highest BCUT2D eigenvalue weighted by atomic mass is 32.1. The fourth-order valence-corrected chi connectivity index (χ4v) is 4.14. The Morgan fingerprint density at radius 3 is 2.79 bits per heavy atom. The number of hydrogen-bond acceptors (Lipinski definition) is 6. The van der Waals surface area contributed by atoms with Gasteiger partial charge in [-0.1, -0.05) is 30.3 Å². The number of aromatic nitrogens is 1. The second-order valence-corrected chi connectivity index (χ2v) is 7.48. The second-order valence-electron chi connectivity index (χ2n) is 6.62. The van der Waals surface area contributed by atoms with Crippen LogP contribution in [0.2, 0.25) is 0 Å². The number of ether oxygens (including phenoxy) is 1. The number of rotatable bonds is 6. The zero-order chi connectivity index (χ0) is 20.1. The SMILES string of the molecule is CCOC(=O)Cc1csc(NC(=O)[C@H]2CCC(=O)N(C)[C@H]2c2ccccc2)n1. The fraction of sp³-hybridized carbons (Fsp3) is 0.400. The van der Waals surface area contributed by atoms with E-state index in [1.165, 1.54) is 11.3 Å². The van der Waals surface area contributed by atoms with Crippen LogP contribution >= 0.6 is 11.3 Å². The van der Waals surface area contributed by atoms with Crippen LogP contribution in [0.4, 0.5) is 5.13 Å². The molecule has 1 fully saturated rings. The van der Waals surface area contributed by atoms with Gasteiger partial charge in [0.2, 0.25) is 11.8 Å². The van der Waals surface area contributed by atoms with Gasteiger partial charge in [-0.15, -0.1) is 11.3 Å². The van der Waals surface area contributed by atoms with Crippen LogP contribution in [0.15, 0.2) is 35.7 Å². The number of hydrogen-bond donors (Lipinski definition) is 1. The van der Waals surface area contributed by atoms with Gasteiger partial charge in [0.05, 0.1) is 30.7 Å². The lowest BCUT2D eigenvalue weighted by atomic mass is 9.84. The first-order valence-corrected chi connectivity index (χ1v) is 10.1. The maximum Gasteiger partial charge on any atom is 0.311 e. The number of esters is 1. The third-order valence-electron chi connectivity index (χ3n) is 4.75. The van der Waals surface area contributed by atoms with E-state index in [-0.39, 0.29) is 36.2 Å². The molecular formula is C20H23N3O4S. The summed E-state index contributed by atoms with van der Waals surface area (Å²) in [6, 6.07) is 9.26. The van der Waals surface area contributed by atoms with Crippen LogP contribution in [-0.4, -0.2) is 41.3 Å². The zero-order valence-electron chi connectivity index (χ0n) is 15.9. The summed E-state index contributed by atoms with van der Waals surface area (Å²) in [5.74, 6) is -0.862. The molecular weight excluding hydrogens is 378 g/mol. The number of piperidine rings is 1. The number of nitrogens with zero attached hydrogens (tertiary/aromatic N) is 2. The summed E-state index contributed by atoms with van der Waals surface area (Å²) in [6.07, 6.45) is 0.896. The van der Waals surface area contributed by atoms with Crippen molar-refractivity contribution in [2.45, 2.75) is 32.2 Å². The van der Waals surface area contributed by atoms with Crippen molar-refractivity contribution < 1.29 is 19.1 Å². The van der Waals surface area contributed by atoms with E-state index in [9.17, 15) is 14.4 Å². The lowest BCUT2D eigenvalue weighted by Crippen LogP contribution is -2.44. The van der Waals surface area contributed by atoms with Crippen molar-refractivity contribution in [3.8, 4) is 0 Å². The Balaban J connectivity index is 1.72. The number of carbonyl (C=O) groups is 3. The molecule has 0 bridgehead atoms. The summed E-state index contributed by atoms with van der Waals surface area (Å²) in [6.45, 7) is 2.07. The fourth-order valence-electron chi connectivity index (χ4n) is 3.42. The summed E-state index contributed by atoms with van der Waals surface area (Å²) >= 11 is 1.27. The molecule has 3 rings (SSSR count). The lowest BCUT2D eigenvalue weighted by Gasteiger charge is -2.38. The summed E-state index contributed by atoms with van der Waals surface area (Å²) in [7, 11) is 1.74. The highest BCUT2D eigenvalue weighted by Crippen LogP contribution is 2.36. The molecule has 0 unspecified atom stereocenters. The van der Waals surface area contributed by atoms with E-state index in [1.807, 2.05) is 30.3 Å². The van der Waals surface area contributed by atoms with Crippen LogP contribution in [-0.2, 0) is 25.5 Å². The Morgan fingerprint density at radius 2 is 2.07 bits per heavy atom. The summed E-state index contributed by atoms with van der Waals surface area (Å²) in [5, 5.41) is 5.03. The van der Waals surface area contributed by atoms with Crippen LogP contribution in [0, 0.1) is 5.92 Å². The molecule has 0 aliphatic carbocycles. The van der Waals surface area contributed by atoms with Crippen molar-refractivity contribution in [1.29, 1.82) is 0 Å². The van der Waals surface area contributed by atoms with E-state index < -0.39 is 0 Å². The number of benzene rings is 1. The number of likely N-dealkylation sites (tertiary alicyclic amines) is 1. The molecule has 1 aromatic heterocycles. The van der Waals surface area contributed by atoms with E-state index in [2.05, 4.69) is 10.3 Å². The molecule has 1 aliphatic rings. The quantitative estimate of drug-likeness (QED) is 0.752. The van der Waals surface area contributed by atoms with E-state index in [0.29, 0.717) is 30.3 Å². The third-order valence-corrected chi connectivity index (χ3v) is 5.56. The van der Waals surface area contributed by atoms with Crippen LogP contribution in [0.3, 0.4) is 0 Å². The van der Waals surface area contributed by atoms with E-state index in [0.717, 1.165) is 5.56 Å². The van der Waals surface area contributed by atoms with Gasteiger partial charge < -0.3 is 15.0 Å². The van der Waals surface area contributed by atoms with Crippen molar-refractivity contribution in [2.75, 3.05) is 19.0 Å². The minimum absolute atomic E-state index is 0.0314. The predicted molar refractivity (Wildman–Crippen MR) is 106 cm³/mol. The van der Waals surface area contributed by atoms with Crippen molar-refractivity contribution in [2.24, 2.45) is 5.92 Å². The van der Waals surface area contributed by atoms with Crippen molar-refractivity contribution in [3.63, 3.8) is 0 Å². The number of thiazole rings is 1. The standard InChI is InChI=1S/C20H23N3O4S/c1-3-27-17(25)11-14-12-28-20(21-14)22-19(26)15-9-10-16(24)23(2)18(15)13-7-5-4-6-8-13/h4-8,12,15,18H,3,9-11H2,1-2H3,(H,21,22,26)/t15-,18-/m0/s1. The Kier molecular flexibility index (Phi) is 6.41. The molecule has 0 saturated carbocycles. The monoisotopic (exact) mass is 401 g/mol. The smallest absolute Gasteiger partial charge is 0.311 e. The topological polar surface area (TPSA) is 88.6 Å². The molecule has 1 N–H and O–H groups in total. The predicted octanol–water partition coefficient (Wildman–Crippen LogP) is 2.80. The molecule has 7 nitrogen and oxygen atoms in total.